The van der Waals surface area contributed by atoms with Gasteiger partial charge in [0.2, 0.25) is 0 Å². The van der Waals surface area contributed by atoms with Crippen molar-refractivity contribution in [1.29, 1.82) is 0 Å². The Bertz CT molecular complexity index is 1320. The van der Waals surface area contributed by atoms with Crippen molar-refractivity contribution < 1.29 is 0 Å². The molecule has 6 rings (SSSR count). The second-order valence-electron chi connectivity index (χ2n) is 7.46. The first kappa shape index (κ1) is 19.6. The zero-order valence-corrected chi connectivity index (χ0v) is 17.8. The van der Waals surface area contributed by atoms with Crippen LogP contribution in [0.2, 0.25) is 0 Å². The molecule has 0 fully saturated rings. The van der Waals surface area contributed by atoms with E-state index in [1.165, 1.54) is 0 Å². The summed E-state index contributed by atoms with van der Waals surface area (Å²) in [4.78, 5) is 2.18. The smallest absolute Gasteiger partial charge is 0.114 e. The Kier molecular flexibility index (Phi) is 4.85. The molecule has 3 heterocycles. The maximum absolute atomic E-state index is 4.27. The molecule has 3 N–H and O–H groups in total. The van der Waals surface area contributed by atoms with Crippen LogP contribution in [0.1, 0.15) is 0 Å². The number of hydrogen-bond acceptors (Lipinski definition) is 7. The lowest BCUT2D eigenvalue weighted by Gasteiger charge is -2.30. The van der Waals surface area contributed by atoms with E-state index >= 15 is 0 Å². The molecule has 0 amide bonds. The minimum absolute atomic E-state index is 0.735. The van der Waals surface area contributed by atoms with E-state index in [1.807, 2.05) is 54.6 Å². The fourth-order valence-electron chi connectivity index (χ4n) is 4.04. The molecule has 3 aromatic heterocycles. The van der Waals surface area contributed by atoms with Gasteiger partial charge in [0.05, 0.1) is 35.7 Å². The lowest BCUT2D eigenvalue weighted by atomic mass is 10.0. The van der Waals surface area contributed by atoms with Gasteiger partial charge in [0.1, 0.15) is 17.1 Å². The predicted octanol–water partition coefficient (Wildman–Crippen LogP) is 4.51. The number of hydrogen-bond donors (Lipinski definition) is 3. The van der Waals surface area contributed by atoms with Gasteiger partial charge in [0.25, 0.3) is 0 Å². The number of aromatic amines is 3. The maximum atomic E-state index is 4.27. The zero-order valence-electron chi connectivity index (χ0n) is 17.8. The largest absolute Gasteiger partial charge is 0.308 e. The lowest BCUT2D eigenvalue weighted by Crippen LogP contribution is -2.13. The molecule has 0 saturated carbocycles. The molecular formula is C24H18N10. The fourth-order valence-corrected chi connectivity index (χ4v) is 4.04. The SMILES string of the molecule is c1ccc(N(c2ccccc2-c2c[nH]nn2)c2ccccc2-c2c[nH]nn2)c(-c2c[nH]nn2)c1. The summed E-state index contributed by atoms with van der Waals surface area (Å²) < 4.78 is 0. The van der Waals surface area contributed by atoms with Gasteiger partial charge in [-0.25, -0.2) is 0 Å². The Hall–Kier alpha value is -5.12. The van der Waals surface area contributed by atoms with E-state index in [0.29, 0.717) is 0 Å². The quantitative estimate of drug-likeness (QED) is 0.343. The van der Waals surface area contributed by atoms with Crippen molar-refractivity contribution in [1.82, 2.24) is 46.2 Å². The minimum Gasteiger partial charge on any atom is -0.308 e. The molecule has 0 saturated heterocycles. The standard InChI is InChI=1S/C24H18N10/c1-4-10-22(16(7-1)19-13-25-31-28-19)34(23-11-5-2-8-17(23)20-14-26-32-29-20)24-12-6-3-9-18(24)21-15-27-33-30-21/h1-15H,(H,25,28,31)(H,26,29,32)(H,27,30,33). The lowest BCUT2D eigenvalue weighted by molar-refractivity contribution is 0.941. The molecule has 0 aliphatic rings. The van der Waals surface area contributed by atoms with Crippen molar-refractivity contribution in [2.24, 2.45) is 0 Å². The van der Waals surface area contributed by atoms with Gasteiger partial charge in [-0.3, -0.25) is 15.3 Å². The molecule has 0 unspecified atom stereocenters. The Morgan fingerprint density at radius 2 is 0.765 bits per heavy atom. The van der Waals surface area contributed by atoms with E-state index in [9.17, 15) is 0 Å². The summed E-state index contributed by atoms with van der Waals surface area (Å²) in [6, 6.07) is 24.2. The molecule has 10 nitrogen and oxygen atoms in total. The van der Waals surface area contributed by atoms with Gasteiger partial charge in [0.15, 0.2) is 0 Å². The number of nitrogens with zero attached hydrogens (tertiary/aromatic N) is 7. The highest BCUT2D eigenvalue weighted by Crippen LogP contribution is 2.46. The Morgan fingerprint density at radius 3 is 1.06 bits per heavy atom. The van der Waals surface area contributed by atoms with Crippen LogP contribution in [0.3, 0.4) is 0 Å². The Balaban J connectivity index is 1.66. The van der Waals surface area contributed by atoms with Gasteiger partial charge < -0.3 is 4.90 Å². The second kappa shape index (κ2) is 8.43. The molecule has 0 atom stereocenters. The summed E-state index contributed by atoms with van der Waals surface area (Å²) in [5, 5.41) is 33.0. The number of aromatic nitrogens is 9. The molecule has 3 aromatic carbocycles. The highest BCUT2D eigenvalue weighted by Gasteiger charge is 2.24. The molecular weight excluding hydrogens is 428 g/mol. The van der Waals surface area contributed by atoms with Gasteiger partial charge in [-0.05, 0) is 18.2 Å². The Labute approximate surface area is 193 Å². The molecule has 6 aromatic rings. The molecule has 34 heavy (non-hydrogen) atoms. The first-order valence-electron chi connectivity index (χ1n) is 10.6. The predicted molar refractivity (Wildman–Crippen MR) is 127 cm³/mol. The van der Waals surface area contributed by atoms with Crippen molar-refractivity contribution in [3.8, 4) is 33.8 Å². The van der Waals surface area contributed by atoms with Gasteiger partial charge in [-0.2, -0.15) is 0 Å². The van der Waals surface area contributed by atoms with E-state index in [2.05, 4.69) is 69.3 Å². The zero-order chi connectivity index (χ0) is 22.7. The van der Waals surface area contributed by atoms with Crippen LogP contribution in [-0.4, -0.2) is 46.2 Å². The Morgan fingerprint density at radius 1 is 0.441 bits per heavy atom. The summed E-state index contributed by atoms with van der Waals surface area (Å²) in [5.41, 5.74) is 7.72. The normalized spacial score (nSPS) is 10.9. The molecule has 0 radical (unpaired) electrons. The molecule has 164 valence electrons. The third-order valence-corrected chi connectivity index (χ3v) is 5.51. The van der Waals surface area contributed by atoms with Crippen LogP contribution < -0.4 is 4.90 Å². The summed E-state index contributed by atoms with van der Waals surface area (Å²) in [6.07, 6.45) is 5.35. The summed E-state index contributed by atoms with van der Waals surface area (Å²) in [7, 11) is 0. The maximum Gasteiger partial charge on any atom is 0.114 e. The van der Waals surface area contributed by atoms with Gasteiger partial charge >= 0.3 is 0 Å². The average Bonchev–Trinajstić information content (AvgIpc) is 3.69. The summed E-state index contributed by atoms with van der Waals surface area (Å²) >= 11 is 0. The fraction of sp³-hybridized carbons (Fsp3) is 0. The number of benzene rings is 3. The van der Waals surface area contributed by atoms with Crippen LogP contribution in [0.5, 0.6) is 0 Å². The van der Waals surface area contributed by atoms with Gasteiger partial charge in [0, 0.05) is 16.7 Å². The van der Waals surface area contributed by atoms with Crippen molar-refractivity contribution in [2.75, 3.05) is 4.90 Å². The van der Waals surface area contributed by atoms with E-state index in [0.717, 1.165) is 50.8 Å². The third kappa shape index (κ3) is 3.39. The minimum atomic E-state index is 0.735. The van der Waals surface area contributed by atoms with Gasteiger partial charge in [-0.15, -0.1) is 15.3 Å². The van der Waals surface area contributed by atoms with E-state index in [1.54, 1.807) is 18.6 Å². The van der Waals surface area contributed by atoms with Gasteiger partial charge in [-0.1, -0.05) is 70.2 Å². The van der Waals surface area contributed by atoms with Crippen LogP contribution in [0.4, 0.5) is 17.1 Å². The van der Waals surface area contributed by atoms with Crippen molar-refractivity contribution in [3.05, 3.63) is 91.4 Å². The first-order chi connectivity index (χ1) is 16.9. The molecule has 0 spiro atoms. The summed E-state index contributed by atoms with van der Waals surface area (Å²) in [5.74, 6) is 0. The number of rotatable bonds is 6. The average molecular weight is 446 g/mol. The van der Waals surface area contributed by atoms with Crippen LogP contribution in [0, 0.1) is 0 Å². The number of para-hydroxylation sites is 3. The molecule has 0 aliphatic carbocycles. The number of nitrogens with one attached hydrogen (secondary N) is 3. The first-order valence-corrected chi connectivity index (χ1v) is 10.6. The topological polar surface area (TPSA) is 128 Å². The highest BCUT2D eigenvalue weighted by molar-refractivity contribution is 5.95. The number of anilines is 3. The molecule has 0 aliphatic heterocycles. The van der Waals surface area contributed by atoms with E-state index in [4.69, 9.17) is 0 Å². The monoisotopic (exact) mass is 446 g/mol. The molecule has 0 bridgehead atoms. The molecule has 10 heteroatoms. The second-order valence-corrected chi connectivity index (χ2v) is 7.46. The van der Waals surface area contributed by atoms with Crippen molar-refractivity contribution >= 4 is 17.1 Å². The van der Waals surface area contributed by atoms with E-state index < -0.39 is 0 Å². The van der Waals surface area contributed by atoms with Crippen molar-refractivity contribution in [3.63, 3.8) is 0 Å². The van der Waals surface area contributed by atoms with E-state index in [-0.39, 0.29) is 0 Å². The van der Waals surface area contributed by atoms with Crippen LogP contribution >= 0.6 is 0 Å². The van der Waals surface area contributed by atoms with Crippen molar-refractivity contribution in [2.45, 2.75) is 0 Å². The van der Waals surface area contributed by atoms with Crippen LogP contribution in [0.15, 0.2) is 91.4 Å². The highest BCUT2D eigenvalue weighted by atomic mass is 15.3. The summed E-state index contributed by atoms with van der Waals surface area (Å²) in [6.45, 7) is 0. The van der Waals surface area contributed by atoms with Crippen LogP contribution in [-0.2, 0) is 0 Å². The number of H-pyrrole nitrogens is 3. The van der Waals surface area contributed by atoms with Crippen LogP contribution in [0.25, 0.3) is 33.8 Å². The third-order valence-electron chi connectivity index (χ3n) is 5.51.